The van der Waals surface area contributed by atoms with E-state index in [-0.39, 0.29) is 0 Å². The van der Waals surface area contributed by atoms with Crippen molar-refractivity contribution in [2.45, 2.75) is 85.5 Å². The second kappa shape index (κ2) is 7.77. The van der Waals surface area contributed by atoms with Crippen LogP contribution < -0.4 is 0 Å². The lowest BCUT2D eigenvalue weighted by Gasteiger charge is -2.22. The van der Waals surface area contributed by atoms with Crippen LogP contribution in [0.25, 0.3) is 0 Å². The van der Waals surface area contributed by atoms with Gasteiger partial charge in [-0.3, -0.25) is 4.79 Å². The SMILES string of the molecule is CCCCC(=O)c1c(C(C)C)cc(C(C)C)cc1C(C)C. The Balaban J connectivity index is 3.46. The summed E-state index contributed by atoms with van der Waals surface area (Å²) in [5.74, 6) is 1.61. The molecule has 1 aromatic rings. The van der Waals surface area contributed by atoms with E-state index in [4.69, 9.17) is 0 Å². The highest BCUT2D eigenvalue weighted by atomic mass is 16.1. The molecule has 1 aromatic carbocycles. The first kappa shape index (κ1) is 17.9. The molecular weight excluding hydrogens is 256 g/mol. The molecule has 0 fully saturated rings. The average Bonchev–Trinajstić information content (AvgIpc) is 2.42. The lowest BCUT2D eigenvalue weighted by Crippen LogP contribution is -2.12. The Kier molecular flexibility index (Phi) is 6.64. The Bertz CT molecular complexity index is 452. The van der Waals surface area contributed by atoms with Gasteiger partial charge in [-0.1, -0.05) is 67.0 Å². The second-order valence-corrected chi connectivity index (χ2v) is 7.07. The van der Waals surface area contributed by atoms with E-state index >= 15 is 0 Å². The number of benzene rings is 1. The number of hydrogen-bond acceptors (Lipinski definition) is 1. The molecule has 0 aromatic heterocycles. The lowest BCUT2D eigenvalue weighted by molar-refractivity contribution is 0.0977. The van der Waals surface area contributed by atoms with E-state index in [1.165, 1.54) is 16.7 Å². The van der Waals surface area contributed by atoms with E-state index in [1.807, 2.05) is 0 Å². The van der Waals surface area contributed by atoms with Gasteiger partial charge in [-0.2, -0.15) is 0 Å². The summed E-state index contributed by atoms with van der Waals surface area (Å²) < 4.78 is 0. The molecule has 0 heterocycles. The van der Waals surface area contributed by atoms with Gasteiger partial charge in [-0.05, 0) is 40.9 Å². The summed E-state index contributed by atoms with van der Waals surface area (Å²) in [5, 5.41) is 0. The van der Waals surface area contributed by atoms with Crippen molar-refractivity contribution in [1.29, 1.82) is 0 Å². The summed E-state index contributed by atoms with van der Waals surface area (Å²) in [6.07, 6.45) is 2.74. The molecule has 0 aliphatic heterocycles. The summed E-state index contributed by atoms with van der Waals surface area (Å²) in [7, 11) is 0. The molecule has 0 aliphatic rings. The van der Waals surface area contributed by atoms with E-state index < -0.39 is 0 Å². The monoisotopic (exact) mass is 288 g/mol. The quantitative estimate of drug-likeness (QED) is 0.528. The maximum absolute atomic E-state index is 12.7. The zero-order chi connectivity index (χ0) is 16.2. The summed E-state index contributed by atoms with van der Waals surface area (Å²) in [5.41, 5.74) is 4.85. The van der Waals surface area contributed by atoms with E-state index in [1.54, 1.807) is 0 Å². The molecule has 0 N–H and O–H groups in total. The van der Waals surface area contributed by atoms with Gasteiger partial charge in [0.15, 0.2) is 5.78 Å². The second-order valence-electron chi connectivity index (χ2n) is 7.07. The molecule has 0 atom stereocenters. The number of carbonyl (C=O) groups is 1. The molecular formula is C20H32O. The molecule has 21 heavy (non-hydrogen) atoms. The van der Waals surface area contributed by atoms with Crippen molar-refractivity contribution in [2.75, 3.05) is 0 Å². The van der Waals surface area contributed by atoms with Crippen molar-refractivity contribution in [3.63, 3.8) is 0 Å². The third-order valence-electron chi connectivity index (χ3n) is 4.17. The highest BCUT2D eigenvalue weighted by Crippen LogP contribution is 2.33. The first-order valence-electron chi connectivity index (χ1n) is 8.50. The molecule has 0 bridgehead atoms. The first-order chi connectivity index (χ1) is 9.79. The highest BCUT2D eigenvalue weighted by molar-refractivity contribution is 5.99. The standard InChI is InChI=1S/C20H32O/c1-8-9-10-19(21)20-17(14(4)5)11-16(13(2)3)12-18(20)15(6)7/h11-15H,8-10H2,1-7H3. The maximum atomic E-state index is 12.7. The van der Waals surface area contributed by atoms with Crippen LogP contribution in [0.1, 0.15) is 113 Å². The van der Waals surface area contributed by atoms with Gasteiger partial charge in [0.25, 0.3) is 0 Å². The van der Waals surface area contributed by atoms with Crippen molar-refractivity contribution in [3.8, 4) is 0 Å². The molecule has 0 saturated carbocycles. The van der Waals surface area contributed by atoms with Crippen LogP contribution in [0.5, 0.6) is 0 Å². The highest BCUT2D eigenvalue weighted by Gasteiger charge is 2.21. The minimum absolute atomic E-state index is 0.333. The molecule has 0 amide bonds. The van der Waals surface area contributed by atoms with Crippen molar-refractivity contribution in [2.24, 2.45) is 0 Å². The van der Waals surface area contributed by atoms with Gasteiger partial charge in [-0.15, -0.1) is 0 Å². The molecule has 1 rings (SSSR count). The topological polar surface area (TPSA) is 17.1 Å². The van der Waals surface area contributed by atoms with Crippen LogP contribution in [-0.4, -0.2) is 5.78 Å². The Labute approximate surface area is 131 Å². The molecule has 0 saturated heterocycles. The van der Waals surface area contributed by atoms with Gasteiger partial charge in [0.1, 0.15) is 0 Å². The van der Waals surface area contributed by atoms with E-state index in [2.05, 4.69) is 60.6 Å². The van der Waals surface area contributed by atoms with Crippen LogP contribution in [0, 0.1) is 0 Å². The molecule has 0 unspecified atom stereocenters. The van der Waals surface area contributed by atoms with Crippen molar-refractivity contribution in [3.05, 3.63) is 34.4 Å². The molecule has 0 spiro atoms. The minimum Gasteiger partial charge on any atom is -0.294 e. The molecule has 1 heteroatoms. The van der Waals surface area contributed by atoms with Crippen molar-refractivity contribution >= 4 is 5.78 Å². The predicted molar refractivity (Wildman–Crippen MR) is 92.6 cm³/mol. The fourth-order valence-corrected chi connectivity index (χ4v) is 2.74. The summed E-state index contributed by atoms with van der Waals surface area (Å²) >= 11 is 0. The Morgan fingerprint density at radius 1 is 0.905 bits per heavy atom. The van der Waals surface area contributed by atoms with E-state index in [9.17, 15) is 4.79 Å². The van der Waals surface area contributed by atoms with Gasteiger partial charge < -0.3 is 0 Å². The fourth-order valence-electron chi connectivity index (χ4n) is 2.74. The van der Waals surface area contributed by atoms with Gasteiger partial charge >= 0.3 is 0 Å². The van der Waals surface area contributed by atoms with Crippen molar-refractivity contribution < 1.29 is 4.79 Å². The number of unbranched alkanes of at least 4 members (excludes halogenated alkanes) is 1. The van der Waals surface area contributed by atoms with Crippen LogP contribution in [0.4, 0.5) is 0 Å². The van der Waals surface area contributed by atoms with Crippen molar-refractivity contribution in [1.82, 2.24) is 0 Å². The third-order valence-corrected chi connectivity index (χ3v) is 4.17. The summed E-state index contributed by atoms with van der Waals surface area (Å²) in [6, 6.07) is 4.53. The number of ketones is 1. The van der Waals surface area contributed by atoms with E-state index in [0.29, 0.717) is 30.0 Å². The zero-order valence-electron chi connectivity index (χ0n) is 14.9. The van der Waals surface area contributed by atoms with Gasteiger partial charge in [0, 0.05) is 12.0 Å². The van der Waals surface area contributed by atoms with Crippen LogP contribution in [-0.2, 0) is 0 Å². The van der Waals surface area contributed by atoms with Gasteiger partial charge in [-0.25, -0.2) is 0 Å². The van der Waals surface area contributed by atoms with Gasteiger partial charge in [0.05, 0.1) is 0 Å². The normalized spacial score (nSPS) is 11.7. The van der Waals surface area contributed by atoms with Crippen LogP contribution in [0.15, 0.2) is 12.1 Å². The van der Waals surface area contributed by atoms with Crippen LogP contribution in [0.3, 0.4) is 0 Å². The summed E-state index contributed by atoms with van der Waals surface area (Å²) in [4.78, 5) is 12.7. The Morgan fingerprint density at radius 2 is 1.38 bits per heavy atom. The summed E-state index contributed by atoms with van der Waals surface area (Å²) in [6.45, 7) is 15.4. The number of rotatable bonds is 7. The average molecular weight is 288 g/mol. The number of Topliss-reactive ketones (excluding diaryl/α,β-unsaturated/α-hetero) is 1. The molecule has 1 nitrogen and oxygen atoms in total. The minimum atomic E-state index is 0.333. The number of carbonyl (C=O) groups excluding carboxylic acids is 1. The maximum Gasteiger partial charge on any atom is 0.163 e. The molecule has 0 radical (unpaired) electrons. The van der Waals surface area contributed by atoms with Gasteiger partial charge in [0.2, 0.25) is 0 Å². The Morgan fingerprint density at radius 3 is 1.71 bits per heavy atom. The lowest BCUT2D eigenvalue weighted by atomic mass is 9.82. The molecule has 118 valence electrons. The largest absolute Gasteiger partial charge is 0.294 e. The Hall–Kier alpha value is -1.11. The smallest absolute Gasteiger partial charge is 0.163 e. The first-order valence-corrected chi connectivity index (χ1v) is 8.50. The zero-order valence-corrected chi connectivity index (χ0v) is 14.9. The van der Waals surface area contributed by atoms with E-state index in [0.717, 1.165) is 18.4 Å². The predicted octanol–water partition coefficient (Wildman–Crippen LogP) is 6.43. The molecule has 0 aliphatic carbocycles. The van der Waals surface area contributed by atoms with Crippen LogP contribution >= 0.6 is 0 Å². The van der Waals surface area contributed by atoms with Crippen LogP contribution in [0.2, 0.25) is 0 Å². The number of hydrogen-bond donors (Lipinski definition) is 0. The third kappa shape index (κ3) is 4.43. The fraction of sp³-hybridized carbons (Fsp3) is 0.650.